The largest absolute Gasteiger partial charge is 0.324 e. The van der Waals surface area contributed by atoms with Crippen molar-refractivity contribution in [2.45, 2.75) is 12.5 Å². The van der Waals surface area contributed by atoms with E-state index in [0.717, 1.165) is 6.42 Å². The lowest BCUT2D eigenvalue weighted by Crippen LogP contribution is -2.18. The molecule has 1 atom stereocenters. The van der Waals surface area contributed by atoms with Crippen molar-refractivity contribution < 1.29 is 0 Å². The van der Waals surface area contributed by atoms with E-state index in [2.05, 4.69) is 71.3 Å². The fourth-order valence-electron chi connectivity index (χ4n) is 2.99. The summed E-state index contributed by atoms with van der Waals surface area (Å²) in [6, 6.07) is 17.3. The van der Waals surface area contributed by atoms with Crippen LogP contribution in [-0.4, -0.2) is 10.6 Å². The van der Waals surface area contributed by atoms with Crippen molar-refractivity contribution in [3.63, 3.8) is 0 Å². The minimum absolute atomic E-state index is 0.145. The fraction of sp³-hybridized carbons (Fsp3) is 0.111. The number of aromatic nitrogens is 1. The minimum atomic E-state index is 0.145. The van der Waals surface area contributed by atoms with Crippen LogP contribution >= 0.6 is 0 Å². The molecule has 0 aliphatic heterocycles. The van der Waals surface area contributed by atoms with Crippen LogP contribution in [0.4, 0.5) is 0 Å². The molecule has 1 aliphatic carbocycles. The lowest BCUT2D eigenvalue weighted by Gasteiger charge is -2.15. The van der Waals surface area contributed by atoms with Gasteiger partial charge in [-0.2, -0.15) is 0 Å². The maximum Gasteiger partial charge on any atom is 0.0540 e. The highest BCUT2D eigenvalue weighted by atomic mass is 15.0. The molecule has 0 bridgehead atoms. The molecule has 0 spiro atoms. The van der Waals surface area contributed by atoms with Crippen LogP contribution in [0.25, 0.3) is 27.5 Å². The second-order valence-electron chi connectivity index (χ2n) is 5.26. The molecule has 2 N–H and O–H groups in total. The Morgan fingerprint density at radius 2 is 1.50 bits per heavy atom. The summed E-state index contributed by atoms with van der Waals surface area (Å²) in [5.41, 5.74) is 9.65. The maximum absolute atomic E-state index is 5.93. The van der Waals surface area contributed by atoms with E-state index in [1.807, 2.05) is 0 Å². The number of nitrogens with two attached hydrogens (primary N) is 1. The van der Waals surface area contributed by atoms with Gasteiger partial charge in [0.05, 0.1) is 11.0 Å². The van der Waals surface area contributed by atoms with Crippen molar-refractivity contribution in [2.75, 3.05) is 0 Å². The Labute approximate surface area is 117 Å². The van der Waals surface area contributed by atoms with Gasteiger partial charge in [-0.05, 0) is 24.6 Å². The topological polar surface area (TPSA) is 30.9 Å². The standard InChI is InChI=1S/C18H16N2/c19-13-9-11-14(12-10-13)20-17-7-3-1-5-15(17)16-6-2-4-8-18(16)20/h1-9,11-13H,10,19H2. The second-order valence-corrected chi connectivity index (χ2v) is 5.26. The first-order valence-electron chi connectivity index (χ1n) is 6.97. The summed E-state index contributed by atoms with van der Waals surface area (Å²) in [5, 5.41) is 2.60. The molecular weight excluding hydrogens is 244 g/mol. The first kappa shape index (κ1) is 11.5. The molecular formula is C18H16N2. The predicted molar refractivity (Wildman–Crippen MR) is 85.4 cm³/mol. The Morgan fingerprint density at radius 3 is 2.05 bits per heavy atom. The molecule has 20 heavy (non-hydrogen) atoms. The van der Waals surface area contributed by atoms with Crippen LogP contribution in [0, 0.1) is 0 Å². The third kappa shape index (κ3) is 1.62. The number of nitrogens with zero attached hydrogens (tertiary/aromatic N) is 1. The average molecular weight is 260 g/mol. The van der Waals surface area contributed by atoms with E-state index < -0.39 is 0 Å². The van der Waals surface area contributed by atoms with Gasteiger partial charge in [-0.1, -0.05) is 48.6 Å². The van der Waals surface area contributed by atoms with Crippen molar-refractivity contribution in [3.8, 4) is 0 Å². The molecule has 1 heterocycles. The van der Waals surface area contributed by atoms with Gasteiger partial charge in [0.25, 0.3) is 0 Å². The van der Waals surface area contributed by atoms with Gasteiger partial charge in [-0.15, -0.1) is 0 Å². The average Bonchev–Trinajstić information content (AvgIpc) is 2.83. The molecule has 2 aromatic carbocycles. The molecule has 0 saturated heterocycles. The van der Waals surface area contributed by atoms with Crippen LogP contribution in [0.3, 0.4) is 0 Å². The monoisotopic (exact) mass is 260 g/mol. The molecule has 0 amide bonds. The van der Waals surface area contributed by atoms with Gasteiger partial charge in [0, 0.05) is 22.5 Å². The van der Waals surface area contributed by atoms with Crippen molar-refractivity contribution in [2.24, 2.45) is 5.73 Å². The summed E-state index contributed by atoms with van der Waals surface area (Å²) in [6.45, 7) is 0. The number of fused-ring (bicyclic) bond motifs is 3. The lowest BCUT2D eigenvalue weighted by atomic mass is 10.1. The number of para-hydroxylation sites is 2. The Morgan fingerprint density at radius 1 is 0.900 bits per heavy atom. The molecule has 2 nitrogen and oxygen atoms in total. The smallest absolute Gasteiger partial charge is 0.0540 e. The number of allylic oxidation sites excluding steroid dienone is 2. The van der Waals surface area contributed by atoms with Gasteiger partial charge in [0.15, 0.2) is 0 Å². The Balaban J connectivity index is 2.08. The van der Waals surface area contributed by atoms with Crippen molar-refractivity contribution in [3.05, 3.63) is 66.8 Å². The molecule has 0 saturated carbocycles. The first-order chi connectivity index (χ1) is 9.84. The SMILES string of the molecule is NC1C=CC(n2c3ccccc3c3ccccc32)=CC1. The number of rotatable bonds is 1. The molecule has 3 aromatic rings. The van der Waals surface area contributed by atoms with Gasteiger partial charge in [-0.3, -0.25) is 0 Å². The van der Waals surface area contributed by atoms with Gasteiger partial charge in [0.2, 0.25) is 0 Å². The van der Waals surface area contributed by atoms with E-state index >= 15 is 0 Å². The highest BCUT2D eigenvalue weighted by molar-refractivity contribution is 6.10. The van der Waals surface area contributed by atoms with Gasteiger partial charge >= 0.3 is 0 Å². The summed E-state index contributed by atoms with van der Waals surface area (Å²) >= 11 is 0. The van der Waals surface area contributed by atoms with Gasteiger partial charge in [0.1, 0.15) is 0 Å². The number of hydrogen-bond donors (Lipinski definition) is 1. The van der Waals surface area contributed by atoms with Crippen molar-refractivity contribution in [1.82, 2.24) is 4.57 Å². The van der Waals surface area contributed by atoms with Crippen LogP contribution < -0.4 is 5.73 Å². The molecule has 2 heteroatoms. The van der Waals surface area contributed by atoms with Crippen LogP contribution in [0.2, 0.25) is 0 Å². The van der Waals surface area contributed by atoms with E-state index in [1.165, 1.54) is 27.5 Å². The minimum Gasteiger partial charge on any atom is -0.324 e. The second kappa shape index (κ2) is 4.36. The summed E-state index contributed by atoms with van der Waals surface area (Å²) in [6.07, 6.45) is 7.34. The third-order valence-corrected chi connectivity index (χ3v) is 3.95. The quantitative estimate of drug-likeness (QED) is 0.706. The molecule has 1 aromatic heterocycles. The summed E-state index contributed by atoms with van der Waals surface area (Å²) in [4.78, 5) is 0. The van der Waals surface area contributed by atoms with Crippen LogP contribution in [0.1, 0.15) is 6.42 Å². The van der Waals surface area contributed by atoms with E-state index in [-0.39, 0.29) is 6.04 Å². The van der Waals surface area contributed by atoms with Crippen molar-refractivity contribution >= 4 is 27.5 Å². The van der Waals surface area contributed by atoms with Crippen molar-refractivity contribution in [1.29, 1.82) is 0 Å². The fourth-order valence-corrected chi connectivity index (χ4v) is 2.99. The zero-order valence-electron chi connectivity index (χ0n) is 11.2. The number of benzene rings is 2. The first-order valence-corrected chi connectivity index (χ1v) is 6.97. The zero-order chi connectivity index (χ0) is 13.5. The molecule has 98 valence electrons. The normalized spacial score (nSPS) is 18.6. The van der Waals surface area contributed by atoms with E-state index in [9.17, 15) is 0 Å². The summed E-state index contributed by atoms with van der Waals surface area (Å²) in [7, 11) is 0. The maximum atomic E-state index is 5.93. The summed E-state index contributed by atoms with van der Waals surface area (Å²) in [5.74, 6) is 0. The summed E-state index contributed by atoms with van der Waals surface area (Å²) < 4.78 is 2.33. The molecule has 1 aliphatic rings. The predicted octanol–water partition coefficient (Wildman–Crippen LogP) is 3.92. The Kier molecular flexibility index (Phi) is 2.51. The van der Waals surface area contributed by atoms with E-state index in [1.54, 1.807) is 0 Å². The molecule has 0 radical (unpaired) electrons. The highest BCUT2D eigenvalue weighted by Gasteiger charge is 2.13. The lowest BCUT2D eigenvalue weighted by molar-refractivity contribution is 0.823. The zero-order valence-corrected chi connectivity index (χ0v) is 11.2. The van der Waals surface area contributed by atoms with Gasteiger partial charge in [-0.25, -0.2) is 0 Å². The van der Waals surface area contributed by atoms with E-state index in [0.29, 0.717) is 0 Å². The molecule has 1 unspecified atom stereocenters. The Bertz CT molecular complexity index is 799. The molecule has 0 fully saturated rings. The number of hydrogen-bond acceptors (Lipinski definition) is 1. The molecule has 4 rings (SSSR count). The Hall–Kier alpha value is -2.32. The third-order valence-electron chi connectivity index (χ3n) is 3.95. The van der Waals surface area contributed by atoms with Crippen LogP contribution in [0.5, 0.6) is 0 Å². The van der Waals surface area contributed by atoms with E-state index in [4.69, 9.17) is 5.73 Å². The van der Waals surface area contributed by atoms with Gasteiger partial charge < -0.3 is 10.3 Å². The van der Waals surface area contributed by atoms with Crippen LogP contribution in [0.15, 0.2) is 66.8 Å². The van der Waals surface area contributed by atoms with Crippen LogP contribution in [-0.2, 0) is 0 Å². The highest BCUT2D eigenvalue weighted by Crippen LogP contribution is 2.32.